The molecule has 3 nitrogen and oxygen atoms in total. The zero-order valence-corrected chi connectivity index (χ0v) is 16.4. The molecule has 0 aliphatic heterocycles. The molecular formula is C21H35N2O. The van der Waals surface area contributed by atoms with E-state index in [4.69, 9.17) is 5.73 Å². The predicted molar refractivity (Wildman–Crippen MR) is 104 cm³/mol. The van der Waals surface area contributed by atoms with Gasteiger partial charge < -0.3 is 10.6 Å². The summed E-state index contributed by atoms with van der Waals surface area (Å²) in [5.74, 6) is 1.02. The van der Waals surface area contributed by atoms with Crippen LogP contribution in [0.15, 0.2) is 24.3 Å². The number of benzene rings is 1. The molecule has 0 heterocycles. The Hall–Kier alpha value is -1.51. The maximum atomic E-state index is 11.4. The van der Waals surface area contributed by atoms with Crippen LogP contribution in [0.4, 0.5) is 5.69 Å². The van der Waals surface area contributed by atoms with E-state index in [-0.39, 0.29) is 5.91 Å². The Morgan fingerprint density at radius 1 is 1.17 bits per heavy atom. The number of carbonyl (C=O) groups excluding carboxylic acids is 1. The van der Waals surface area contributed by atoms with Crippen molar-refractivity contribution in [3.63, 3.8) is 0 Å². The molecule has 0 saturated heterocycles. The number of nitrogens with two attached hydrogens (primary N) is 1. The van der Waals surface area contributed by atoms with Crippen molar-refractivity contribution in [1.82, 2.24) is 0 Å². The van der Waals surface area contributed by atoms with Crippen LogP contribution >= 0.6 is 0 Å². The summed E-state index contributed by atoms with van der Waals surface area (Å²) in [6, 6.07) is 8.77. The molecule has 0 bridgehead atoms. The Morgan fingerprint density at radius 2 is 1.75 bits per heavy atom. The molecule has 0 spiro atoms. The molecule has 135 valence electrons. The lowest BCUT2D eigenvalue weighted by molar-refractivity contribution is -0.116. The molecule has 1 aromatic rings. The fraction of sp³-hybridized carbons (Fsp3) is 0.619. The van der Waals surface area contributed by atoms with Crippen molar-refractivity contribution in [3.8, 4) is 0 Å². The van der Waals surface area contributed by atoms with E-state index in [1.807, 2.05) is 6.92 Å². The Morgan fingerprint density at radius 3 is 2.21 bits per heavy atom. The first kappa shape index (κ1) is 20.5. The zero-order valence-electron chi connectivity index (χ0n) is 16.4. The van der Waals surface area contributed by atoms with Crippen LogP contribution in [0.25, 0.3) is 0 Å². The van der Waals surface area contributed by atoms with Gasteiger partial charge in [0.25, 0.3) is 0 Å². The Bertz CT molecular complexity index is 500. The predicted octanol–water partition coefficient (Wildman–Crippen LogP) is 4.60. The number of rotatable bonds is 9. The third-order valence-electron chi connectivity index (χ3n) is 4.29. The molecular weight excluding hydrogens is 296 g/mol. The van der Waals surface area contributed by atoms with Crippen LogP contribution < -0.4 is 10.6 Å². The van der Waals surface area contributed by atoms with Crippen molar-refractivity contribution in [2.24, 2.45) is 17.1 Å². The van der Waals surface area contributed by atoms with Gasteiger partial charge in [-0.3, -0.25) is 4.79 Å². The second-order valence-electron chi connectivity index (χ2n) is 8.48. The maximum Gasteiger partial charge on any atom is 0.226 e. The van der Waals surface area contributed by atoms with Crippen molar-refractivity contribution in [3.05, 3.63) is 35.7 Å². The van der Waals surface area contributed by atoms with Gasteiger partial charge in [-0.2, -0.15) is 0 Å². The molecule has 1 amide bonds. The third kappa shape index (κ3) is 7.85. The van der Waals surface area contributed by atoms with Crippen LogP contribution in [0.2, 0.25) is 0 Å². The highest BCUT2D eigenvalue weighted by molar-refractivity contribution is 5.88. The standard InChI is InChI=1S/C21H35N2O/c1-16(2)12-14-23(15-17(3)20(22)24)19-9-7-18(8-10-19)11-13-21(4,5)6/h7-10,16H,11-15H2,1-6H3,(H2,22,24). The van der Waals surface area contributed by atoms with Crippen LogP contribution in [0.3, 0.4) is 0 Å². The first-order valence-corrected chi connectivity index (χ1v) is 9.04. The number of carbonyl (C=O) groups is 1. The van der Waals surface area contributed by atoms with Crippen molar-refractivity contribution >= 4 is 11.6 Å². The summed E-state index contributed by atoms with van der Waals surface area (Å²) in [4.78, 5) is 13.7. The van der Waals surface area contributed by atoms with E-state index in [9.17, 15) is 4.79 Å². The summed E-state index contributed by atoms with van der Waals surface area (Å²) in [6.45, 7) is 14.6. The fourth-order valence-electron chi connectivity index (χ4n) is 2.47. The summed E-state index contributed by atoms with van der Waals surface area (Å²) < 4.78 is 0. The van der Waals surface area contributed by atoms with Crippen molar-refractivity contribution < 1.29 is 4.79 Å². The first-order chi connectivity index (χ1) is 11.1. The van der Waals surface area contributed by atoms with Gasteiger partial charge in [0.2, 0.25) is 5.91 Å². The van der Waals surface area contributed by atoms with E-state index in [0.717, 1.165) is 25.1 Å². The number of nitrogens with zero attached hydrogens (tertiary/aromatic N) is 1. The molecule has 0 aliphatic rings. The van der Waals surface area contributed by atoms with Gasteiger partial charge >= 0.3 is 0 Å². The SMILES string of the molecule is C[C](CN(CCC(C)C)c1ccc(CCC(C)(C)C)cc1)C(N)=O. The number of aryl methyl sites for hydroxylation is 1. The van der Waals surface area contributed by atoms with E-state index in [1.165, 1.54) is 12.0 Å². The Labute approximate surface area is 148 Å². The summed E-state index contributed by atoms with van der Waals surface area (Å²) in [6.07, 6.45) is 3.37. The molecule has 0 atom stereocenters. The highest BCUT2D eigenvalue weighted by atomic mass is 16.1. The van der Waals surface area contributed by atoms with Crippen LogP contribution in [0.5, 0.6) is 0 Å². The molecule has 1 rings (SSSR count). The van der Waals surface area contributed by atoms with Gasteiger partial charge in [-0.05, 0) is 55.2 Å². The molecule has 1 radical (unpaired) electrons. The molecule has 0 aliphatic carbocycles. The number of anilines is 1. The lowest BCUT2D eigenvalue weighted by atomic mass is 9.89. The second kappa shape index (κ2) is 9.10. The molecule has 0 saturated carbocycles. The lowest BCUT2D eigenvalue weighted by Gasteiger charge is -2.28. The minimum absolute atomic E-state index is 0.314. The Balaban J connectivity index is 2.79. The van der Waals surface area contributed by atoms with Gasteiger partial charge in [-0.1, -0.05) is 46.8 Å². The number of primary amides is 1. The van der Waals surface area contributed by atoms with Gasteiger partial charge in [0.1, 0.15) is 0 Å². The zero-order chi connectivity index (χ0) is 18.3. The van der Waals surface area contributed by atoms with E-state index in [1.54, 1.807) is 0 Å². The average molecular weight is 332 g/mol. The van der Waals surface area contributed by atoms with Crippen molar-refractivity contribution in [1.29, 1.82) is 0 Å². The Kier molecular flexibility index (Phi) is 7.78. The van der Waals surface area contributed by atoms with Crippen LogP contribution in [-0.4, -0.2) is 19.0 Å². The number of hydrogen-bond acceptors (Lipinski definition) is 2. The highest BCUT2D eigenvalue weighted by Crippen LogP contribution is 2.23. The van der Waals surface area contributed by atoms with E-state index < -0.39 is 0 Å². The van der Waals surface area contributed by atoms with Gasteiger partial charge in [-0.15, -0.1) is 0 Å². The van der Waals surface area contributed by atoms with Gasteiger partial charge in [-0.25, -0.2) is 0 Å². The molecule has 0 unspecified atom stereocenters. The van der Waals surface area contributed by atoms with Gasteiger partial charge in [0.15, 0.2) is 0 Å². The van der Waals surface area contributed by atoms with E-state index in [2.05, 4.69) is 63.8 Å². The number of amides is 1. The third-order valence-corrected chi connectivity index (χ3v) is 4.29. The molecule has 2 N–H and O–H groups in total. The van der Waals surface area contributed by atoms with E-state index in [0.29, 0.717) is 23.8 Å². The normalized spacial score (nSPS) is 12.0. The minimum atomic E-state index is -0.314. The lowest BCUT2D eigenvalue weighted by Crippen LogP contribution is -2.34. The maximum absolute atomic E-state index is 11.4. The minimum Gasteiger partial charge on any atom is -0.370 e. The quantitative estimate of drug-likeness (QED) is 0.719. The second-order valence-corrected chi connectivity index (χ2v) is 8.48. The van der Waals surface area contributed by atoms with Crippen LogP contribution in [0.1, 0.15) is 59.9 Å². The largest absolute Gasteiger partial charge is 0.370 e. The molecule has 24 heavy (non-hydrogen) atoms. The molecule has 3 heteroatoms. The van der Waals surface area contributed by atoms with Gasteiger partial charge in [0.05, 0.1) is 5.92 Å². The molecule has 0 fully saturated rings. The van der Waals surface area contributed by atoms with E-state index >= 15 is 0 Å². The summed E-state index contributed by atoms with van der Waals surface area (Å²) in [5.41, 5.74) is 8.31. The fourth-order valence-corrected chi connectivity index (χ4v) is 2.47. The molecule has 0 aromatic heterocycles. The topological polar surface area (TPSA) is 46.3 Å². The summed E-state index contributed by atoms with van der Waals surface area (Å²) in [7, 11) is 0. The van der Waals surface area contributed by atoms with Crippen molar-refractivity contribution in [2.75, 3.05) is 18.0 Å². The summed E-state index contributed by atoms with van der Waals surface area (Å²) >= 11 is 0. The van der Waals surface area contributed by atoms with Gasteiger partial charge in [0, 0.05) is 18.8 Å². The smallest absolute Gasteiger partial charge is 0.226 e. The van der Waals surface area contributed by atoms with Crippen LogP contribution in [-0.2, 0) is 11.2 Å². The van der Waals surface area contributed by atoms with Crippen molar-refractivity contribution in [2.45, 2.75) is 60.8 Å². The van der Waals surface area contributed by atoms with Crippen LogP contribution in [0, 0.1) is 17.3 Å². The average Bonchev–Trinajstić information content (AvgIpc) is 2.48. The molecule has 1 aromatic carbocycles. The first-order valence-electron chi connectivity index (χ1n) is 9.04. The monoisotopic (exact) mass is 331 g/mol. The highest BCUT2D eigenvalue weighted by Gasteiger charge is 2.16. The number of hydrogen-bond donors (Lipinski definition) is 1. The summed E-state index contributed by atoms with van der Waals surface area (Å²) in [5, 5.41) is 0.